The van der Waals surface area contributed by atoms with Gasteiger partial charge in [-0.1, -0.05) is 13.8 Å². The molecule has 0 aliphatic heterocycles. The minimum atomic E-state index is -0.227. The molecule has 1 saturated carbocycles. The number of amides is 1. The van der Waals surface area contributed by atoms with E-state index < -0.39 is 0 Å². The molecular weight excluding hydrogens is 232 g/mol. The van der Waals surface area contributed by atoms with Crippen LogP contribution in [0.4, 0.5) is 5.82 Å². The molecule has 0 bridgehead atoms. The summed E-state index contributed by atoms with van der Waals surface area (Å²) < 4.78 is 5.34. The molecule has 0 saturated heterocycles. The van der Waals surface area contributed by atoms with E-state index in [1.54, 1.807) is 19.2 Å². The Balaban J connectivity index is 1.99. The summed E-state index contributed by atoms with van der Waals surface area (Å²) in [7, 11) is 1.69. The van der Waals surface area contributed by atoms with Crippen molar-refractivity contribution in [3.63, 3.8) is 0 Å². The van der Waals surface area contributed by atoms with Crippen LogP contribution in [0.2, 0.25) is 0 Å². The van der Waals surface area contributed by atoms with Crippen molar-refractivity contribution in [2.45, 2.75) is 32.4 Å². The van der Waals surface area contributed by atoms with Crippen LogP contribution in [-0.4, -0.2) is 35.4 Å². The van der Waals surface area contributed by atoms with Gasteiger partial charge < -0.3 is 15.8 Å². The number of ether oxygens (including phenoxy) is 1. The number of rotatable bonds is 3. The first kappa shape index (κ1) is 12.8. The average molecular weight is 250 g/mol. The number of methoxy groups -OCH3 is 1. The highest BCUT2D eigenvalue weighted by Crippen LogP contribution is 2.42. The molecule has 1 aliphatic rings. The number of nitrogens with two attached hydrogens (primary N) is 1. The molecule has 1 fully saturated rings. The van der Waals surface area contributed by atoms with Crippen LogP contribution in [0.25, 0.3) is 0 Å². The van der Waals surface area contributed by atoms with Crippen LogP contribution in [0.1, 0.15) is 30.8 Å². The number of nitrogens with one attached hydrogen (secondary N) is 1. The van der Waals surface area contributed by atoms with Crippen molar-refractivity contribution in [2.75, 3.05) is 12.8 Å². The van der Waals surface area contributed by atoms with E-state index in [1.807, 2.05) is 0 Å². The second kappa shape index (κ2) is 4.53. The second-order valence-electron chi connectivity index (χ2n) is 5.15. The van der Waals surface area contributed by atoms with Crippen molar-refractivity contribution in [3.8, 4) is 0 Å². The maximum atomic E-state index is 11.9. The van der Waals surface area contributed by atoms with Gasteiger partial charge in [-0.2, -0.15) is 0 Å². The molecule has 2 atom stereocenters. The number of nitrogen functional groups attached to an aromatic ring is 1. The molecule has 18 heavy (non-hydrogen) atoms. The van der Waals surface area contributed by atoms with Gasteiger partial charge in [0.05, 0.1) is 6.10 Å². The van der Waals surface area contributed by atoms with Gasteiger partial charge in [0.2, 0.25) is 0 Å². The normalized spacial score (nSPS) is 25.3. The highest BCUT2D eigenvalue weighted by molar-refractivity contribution is 5.92. The molecule has 6 heteroatoms. The Hall–Kier alpha value is -1.69. The average Bonchev–Trinajstić information content (AvgIpc) is 2.34. The maximum absolute atomic E-state index is 11.9. The Morgan fingerprint density at radius 2 is 2.22 bits per heavy atom. The van der Waals surface area contributed by atoms with Gasteiger partial charge >= 0.3 is 0 Å². The number of nitrogens with zero attached hydrogens (tertiary/aromatic N) is 2. The van der Waals surface area contributed by atoms with Gasteiger partial charge in [-0.3, -0.25) is 4.79 Å². The van der Waals surface area contributed by atoms with E-state index in [9.17, 15) is 4.79 Å². The first-order valence-corrected chi connectivity index (χ1v) is 5.88. The van der Waals surface area contributed by atoms with Gasteiger partial charge in [-0.15, -0.1) is 10.2 Å². The largest absolute Gasteiger partial charge is 0.382 e. The SMILES string of the molecule is COC1CC(NC(=O)c2ccc(N)nn2)C1(C)C. The molecule has 1 aromatic heterocycles. The van der Waals surface area contributed by atoms with Gasteiger partial charge in [0.1, 0.15) is 5.82 Å². The smallest absolute Gasteiger partial charge is 0.272 e. The van der Waals surface area contributed by atoms with Crippen LogP contribution in [0, 0.1) is 5.41 Å². The molecule has 2 unspecified atom stereocenters. The minimum absolute atomic E-state index is 0.0638. The van der Waals surface area contributed by atoms with E-state index in [0.717, 1.165) is 6.42 Å². The van der Waals surface area contributed by atoms with E-state index >= 15 is 0 Å². The van der Waals surface area contributed by atoms with E-state index in [-0.39, 0.29) is 29.2 Å². The van der Waals surface area contributed by atoms with E-state index in [1.165, 1.54) is 0 Å². The van der Waals surface area contributed by atoms with Crippen molar-refractivity contribution in [1.29, 1.82) is 0 Å². The fourth-order valence-corrected chi connectivity index (χ4v) is 2.23. The van der Waals surface area contributed by atoms with Crippen LogP contribution < -0.4 is 11.1 Å². The molecule has 6 nitrogen and oxygen atoms in total. The van der Waals surface area contributed by atoms with Gasteiger partial charge in [0.15, 0.2) is 5.69 Å². The first-order chi connectivity index (χ1) is 8.45. The molecule has 1 heterocycles. The minimum Gasteiger partial charge on any atom is -0.382 e. The molecule has 2 rings (SSSR count). The number of carbonyl (C=O) groups excluding carboxylic acids is 1. The van der Waals surface area contributed by atoms with Crippen molar-refractivity contribution < 1.29 is 9.53 Å². The van der Waals surface area contributed by atoms with Crippen molar-refractivity contribution in [1.82, 2.24) is 15.5 Å². The summed E-state index contributed by atoms with van der Waals surface area (Å²) in [6, 6.07) is 3.22. The lowest BCUT2D eigenvalue weighted by atomic mass is 9.64. The topological polar surface area (TPSA) is 90.1 Å². The summed E-state index contributed by atoms with van der Waals surface area (Å²) >= 11 is 0. The molecule has 98 valence electrons. The summed E-state index contributed by atoms with van der Waals surface area (Å²) in [6.07, 6.45) is 0.998. The summed E-state index contributed by atoms with van der Waals surface area (Å²) in [5, 5.41) is 10.4. The number of carbonyl (C=O) groups is 1. The van der Waals surface area contributed by atoms with Crippen LogP contribution in [0.15, 0.2) is 12.1 Å². The molecule has 0 radical (unpaired) electrons. The molecule has 1 amide bonds. The quantitative estimate of drug-likeness (QED) is 0.820. The van der Waals surface area contributed by atoms with Crippen LogP contribution in [0.5, 0.6) is 0 Å². The zero-order valence-corrected chi connectivity index (χ0v) is 10.8. The number of hydrogen-bond donors (Lipinski definition) is 2. The standard InChI is InChI=1S/C12H18N4O2/c1-12(2)8(6-9(12)18-3)14-11(17)7-4-5-10(13)16-15-7/h4-5,8-9H,6H2,1-3H3,(H2,13,16)(H,14,17). The first-order valence-electron chi connectivity index (χ1n) is 5.88. The molecule has 0 spiro atoms. The Kier molecular flexibility index (Phi) is 3.21. The number of anilines is 1. The fourth-order valence-electron chi connectivity index (χ4n) is 2.23. The Bertz CT molecular complexity index is 444. The van der Waals surface area contributed by atoms with Crippen LogP contribution in [-0.2, 0) is 4.74 Å². The Morgan fingerprint density at radius 3 is 2.72 bits per heavy atom. The summed E-state index contributed by atoms with van der Waals surface area (Å²) in [5.74, 6) is 0.0742. The molecule has 0 aromatic carbocycles. The van der Waals surface area contributed by atoms with E-state index in [0.29, 0.717) is 5.82 Å². The fraction of sp³-hybridized carbons (Fsp3) is 0.583. The third kappa shape index (κ3) is 2.15. The van der Waals surface area contributed by atoms with Crippen molar-refractivity contribution >= 4 is 11.7 Å². The van der Waals surface area contributed by atoms with Gasteiger partial charge in [0, 0.05) is 18.6 Å². The van der Waals surface area contributed by atoms with Gasteiger partial charge in [-0.25, -0.2) is 0 Å². The Labute approximate surface area is 106 Å². The highest BCUT2D eigenvalue weighted by atomic mass is 16.5. The molecule has 1 aliphatic carbocycles. The summed E-state index contributed by atoms with van der Waals surface area (Å²) in [6.45, 7) is 4.15. The zero-order chi connectivity index (χ0) is 13.3. The lowest BCUT2D eigenvalue weighted by Gasteiger charge is -2.51. The molecule has 3 N–H and O–H groups in total. The van der Waals surface area contributed by atoms with Crippen molar-refractivity contribution in [2.24, 2.45) is 5.41 Å². The lowest BCUT2D eigenvalue weighted by molar-refractivity contribution is -0.0942. The van der Waals surface area contributed by atoms with E-state index in [2.05, 4.69) is 29.4 Å². The number of hydrogen-bond acceptors (Lipinski definition) is 5. The van der Waals surface area contributed by atoms with Crippen LogP contribution >= 0.6 is 0 Å². The predicted molar refractivity (Wildman–Crippen MR) is 66.9 cm³/mol. The molecule has 1 aromatic rings. The third-order valence-electron chi connectivity index (χ3n) is 3.69. The third-order valence-corrected chi connectivity index (χ3v) is 3.69. The Morgan fingerprint density at radius 1 is 1.50 bits per heavy atom. The molecular formula is C12H18N4O2. The van der Waals surface area contributed by atoms with E-state index in [4.69, 9.17) is 10.5 Å². The summed E-state index contributed by atoms with van der Waals surface area (Å²) in [4.78, 5) is 11.9. The van der Waals surface area contributed by atoms with Gasteiger partial charge in [0.25, 0.3) is 5.91 Å². The zero-order valence-electron chi connectivity index (χ0n) is 10.8. The summed E-state index contributed by atoms with van der Waals surface area (Å²) in [5.41, 5.74) is 5.64. The highest BCUT2D eigenvalue weighted by Gasteiger charge is 2.49. The second-order valence-corrected chi connectivity index (χ2v) is 5.15. The maximum Gasteiger partial charge on any atom is 0.272 e. The lowest BCUT2D eigenvalue weighted by Crippen LogP contribution is -2.61. The van der Waals surface area contributed by atoms with Crippen molar-refractivity contribution in [3.05, 3.63) is 17.8 Å². The van der Waals surface area contributed by atoms with Crippen LogP contribution in [0.3, 0.4) is 0 Å². The van der Waals surface area contributed by atoms with Gasteiger partial charge in [-0.05, 0) is 18.6 Å². The monoisotopic (exact) mass is 250 g/mol. The number of aromatic nitrogens is 2. The predicted octanol–water partition coefficient (Wildman–Crippen LogP) is 0.602.